The molecule has 1 aromatic rings. The zero-order chi connectivity index (χ0) is 16.5. The van der Waals surface area contributed by atoms with Crippen LogP contribution in [0.25, 0.3) is 0 Å². The Balaban J connectivity index is 3.02. The van der Waals surface area contributed by atoms with Crippen LogP contribution in [-0.4, -0.2) is 20.0 Å². The number of alkyl halides is 2. The van der Waals surface area contributed by atoms with Gasteiger partial charge in [0.2, 0.25) is 0 Å². The van der Waals surface area contributed by atoms with Gasteiger partial charge in [-0.25, -0.2) is 17.2 Å². The van der Waals surface area contributed by atoms with Crippen LogP contribution in [-0.2, 0) is 20.6 Å². The molecule has 21 heavy (non-hydrogen) atoms. The monoisotopic (exact) mass is 318 g/mol. The summed E-state index contributed by atoms with van der Waals surface area (Å²) in [5.41, 5.74) is -0.981. The lowest BCUT2D eigenvalue weighted by atomic mass is 9.86. The molecule has 0 spiro atoms. The van der Waals surface area contributed by atoms with Crippen molar-refractivity contribution in [2.45, 2.75) is 44.9 Å². The van der Waals surface area contributed by atoms with E-state index >= 15 is 0 Å². The Morgan fingerprint density at radius 2 is 1.57 bits per heavy atom. The fourth-order valence-electron chi connectivity index (χ4n) is 1.60. The second kappa shape index (κ2) is 5.83. The van der Waals surface area contributed by atoms with E-state index in [1.54, 1.807) is 13.8 Å². The molecule has 0 amide bonds. The number of hydrogen-bond donors (Lipinski definition) is 0. The van der Waals surface area contributed by atoms with Crippen molar-refractivity contribution in [3.05, 3.63) is 29.8 Å². The van der Waals surface area contributed by atoms with Gasteiger partial charge < -0.3 is 0 Å². The lowest BCUT2D eigenvalue weighted by Crippen LogP contribution is -2.30. The summed E-state index contributed by atoms with van der Waals surface area (Å²) in [4.78, 5) is 11.9. The van der Waals surface area contributed by atoms with Crippen LogP contribution in [0.1, 0.15) is 39.7 Å². The normalized spacial score (nSPS) is 13.2. The highest BCUT2D eigenvalue weighted by molar-refractivity contribution is 7.92. The van der Waals surface area contributed by atoms with Crippen molar-refractivity contribution in [3.8, 4) is 0 Å². The van der Waals surface area contributed by atoms with E-state index in [9.17, 15) is 22.0 Å². The first-order valence-electron chi connectivity index (χ1n) is 6.64. The number of Topliss-reactive ketones (excluding diaryl/α,β-unsaturated/α-hetero) is 1. The number of ketones is 1. The molecule has 0 aliphatic carbocycles. The zero-order valence-electron chi connectivity index (χ0n) is 12.6. The zero-order valence-corrected chi connectivity index (χ0v) is 13.4. The molecular formula is C15H20F2O3S. The molecule has 0 unspecified atom stereocenters. The first kappa shape index (κ1) is 17.8. The average molecular weight is 318 g/mol. The molecule has 3 nitrogen and oxygen atoms in total. The van der Waals surface area contributed by atoms with E-state index in [1.807, 2.05) is 6.92 Å². The van der Waals surface area contributed by atoms with Crippen molar-refractivity contribution in [1.82, 2.24) is 0 Å². The summed E-state index contributed by atoms with van der Waals surface area (Å²) in [5, 5.41) is 0. The predicted octanol–water partition coefficient (Wildman–Crippen LogP) is 3.58. The molecule has 1 aromatic carbocycles. The van der Waals surface area contributed by atoms with Crippen LogP contribution in [0, 0.1) is 5.41 Å². The SMILES string of the molecule is CCC(C)(C)C(=O)CS(=O)(=O)c1ccc(C(C)(F)F)cc1. The van der Waals surface area contributed by atoms with Crippen LogP contribution in [0.15, 0.2) is 29.2 Å². The molecule has 0 N–H and O–H groups in total. The third-order valence-corrected chi connectivity index (χ3v) is 5.31. The number of carbonyl (C=O) groups excluding carboxylic acids is 1. The Bertz CT molecular complexity index is 611. The Kier molecular flexibility index (Phi) is 4.93. The summed E-state index contributed by atoms with van der Waals surface area (Å²) in [6, 6.07) is 4.38. The molecule has 0 aliphatic rings. The van der Waals surface area contributed by atoms with Crippen molar-refractivity contribution in [2.75, 3.05) is 5.75 Å². The van der Waals surface area contributed by atoms with Crippen LogP contribution in [0.2, 0.25) is 0 Å². The molecule has 0 heterocycles. The number of benzene rings is 1. The Morgan fingerprint density at radius 3 is 1.95 bits per heavy atom. The predicted molar refractivity (Wildman–Crippen MR) is 77.1 cm³/mol. The van der Waals surface area contributed by atoms with Crippen LogP contribution < -0.4 is 0 Å². The maximum atomic E-state index is 13.1. The molecule has 0 aliphatic heterocycles. The third kappa shape index (κ3) is 4.33. The molecule has 1 rings (SSSR count). The lowest BCUT2D eigenvalue weighted by molar-refractivity contribution is -0.124. The number of carbonyl (C=O) groups is 1. The van der Waals surface area contributed by atoms with Crippen molar-refractivity contribution < 1.29 is 22.0 Å². The first-order valence-corrected chi connectivity index (χ1v) is 8.30. The van der Waals surface area contributed by atoms with E-state index < -0.39 is 26.9 Å². The Hall–Kier alpha value is -1.30. The highest BCUT2D eigenvalue weighted by Crippen LogP contribution is 2.28. The van der Waals surface area contributed by atoms with Gasteiger partial charge in [0.15, 0.2) is 15.6 Å². The van der Waals surface area contributed by atoms with Gasteiger partial charge in [-0.15, -0.1) is 0 Å². The van der Waals surface area contributed by atoms with E-state index in [0.717, 1.165) is 31.2 Å². The van der Waals surface area contributed by atoms with Crippen LogP contribution >= 0.6 is 0 Å². The van der Waals surface area contributed by atoms with Crippen molar-refractivity contribution in [3.63, 3.8) is 0 Å². The Labute approximate surface area is 124 Å². The van der Waals surface area contributed by atoms with Gasteiger partial charge in [-0.1, -0.05) is 32.9 Å². The number of sulfone groups is 1. The van der Waals surface area contributed by atoms with Gasteiger partial charge in [0.1, 0.15) is 5.75 Å². The highest BCUT2D eigenvalue weighted by Gasteiger charge is 2.31. The van der Waals surface area contributed by atoms with E-state index in [4.69, 9.17) is 0 Å². The topological polar surface area (TPSA) is 51.2 Å². The van der Waals surface area contributed by atoms with Crippen molar-refractivity contribution in [2.24, 2.45) is 5.41 Å². The summed E-state index contributed by atoms with van der Waals surface area (Å²) >= 11 is 0. The van der Waals surface area contributed by atoms with E-state index in [-0.39, 0.29) is 16.2 Å². The molecule has 0 fully saturated rings. The van der Waals surface area contributed by atoms with Gasteiger partial charge in [-0.3, -0.25) is 4.79 Å². The summed E-state index contributed by atoms with van der Waals surface area (Å²) < 4.78 is 50.5. The number of rotatable bonds is 6. The molecule has 118 valence electrons. The average Bonchev–Trinajstić information content (AvgIpc) is 2.37. The van der Waals surface area contributed by atoms with Gasteiger partial charge in [0.05, 0.1) is 4.90 Å². The largest absolute Gasteiger partial charge is 0.298 e. The smallest absolute Gasteiger partial charge is 0.270 e. The molecule has 0 bridgehead atoms. The molecule has 6 heteroatoms. The van der Waals surface area contributed by atoms with Gasteiger partial charge in [0.25, 0.3) is 5.92 Å². The molecule has 0 saturated heterocycles. The second-order valence-electron chi connectivity index (χ2n) is 5.83. The summed E-state index contributed by atoms with van der Waals surface area (Å²) in [6.07, 6.45) is 0.530. The molecular weight excluding hydrogens is 298 g/mol. The fraction of sp³-hybridized carbons (Fsp3) is 0.533. The standard InChI is InChI=1S/C15H20F2O3S/c1-5-14(2,3)13(18)10-21(19,20)12-8-6-11(7-9-12)15(4,16)17/h6-9H,5,10H2,1-4H3. The molecule has 0 atom stereocenters. The number of hydrogen-bond acceptors (Lipinski definition) is 3. The lowest BCUT2D eigenvalue weighted by Gasteiger charge is -2.20. The van der Waals surface area contributed by atoms with Gasteiger partial charge >= 0.3 is 0 Å². The number of halogens is 2. The first-order chi connectivity index (χ1) is 9.40. The van der Waals surface area contributed by atoms with Crippen molar-refractivity contribution >= 4 is 15.6 Å². The minimum Gasteiger partial charge on any atom is -0.298 e. The quantitative estimate of drug-likeness (QED) is 0.805. The minimum absolute atomic E-state index is 0.115. The molecule has 0 aromatic heterocycles. The highest BCUT2D eigenvalue weighted by atomic mass is 32.2. The van der Waals surface area contributed by atoms with Gasteiger partial charge in [0, 0.05) is 17.9 Å². The molecule has 0 saturated carbocycles. The van der Waals surface area contributed by atoms with E-state index in [1.165, 1.54) is 0 Å². The van der Waals surface area contributed by atoms with Crippen LogP contribution in [0.5, 0.6) is 0 Å². The fourth-order valence-corrected chi connectivity index (χ4v) is 3.06. The van der Waals surface area contributed by atoms with Crippen molar-refractivity contribution in [1.29, 1.82) is 0 Å². The second-order valence-corrected chi connectivity index (χ2v) is 7.82. The van der Waals surface area contributed by atoms with Crippen LogP contribution in [0.4, 0.5) is 8.78 Å². The summed E-state index contributed by atoms with van der Waals surface area (Å²) in [6.45, 7) is 5.92. The van der Waals surface area contributed by atoms with E-state index in [2.05, 4.69) is 0 Å². The summed E-state index contributed by atoms with van der Waals surface area (Å²) in [7, 11) is -3.81. The third-order valence-electron chi connectivity index (χ3n) is 3.68. The Morgan fingerprint density at radius 1 is 1.10 bits per heavy atom. The summed E-state index contributed by atoms with van der Waals surface area (Å²) in [5.74, 6) is -4.02. The molecule has 0 radical (unpaired) electrons. The van der Waals surface area contributed by atoms with Gasteiger partial charge in [-0.05, 0) is 18.6 Å². The minimum atomic E-state index is -3.81. The van der Waals surface area contributed by atoms with Crippen LogP contribution in [0.3, 0.4) is 0 Å². The van der Waals surface area contributed by atoms with Gasteiger partial charge in [-0.2, -0.15) is 0 Å². The maximum absolute atomic E-state index is 13.1. The van der Waals surface area contributed by atoms with E-state index in [0.29, 0.717) is 6.42 Å². The maximum Gasteiger partial charge on any atom is 0.270 e.